The molecule has 1 aliphatic rings. The van der Waals surface area contributed by atoms with Gasteiger partial charge in [0.15, 0.2) is 0 Å². The van der Waals surface area contributed by atoms with Crippen LogP contribution in [0.15, 0.2) is 48.5 Å². The van der Waals surface area contributed by atoms with Gasteiger partial charge in [0.25, 0.3) is 5.91 Å². The highest BCUT2D eigenvalue weighted by molar-refractivity contribution is 5.95. The van der Waals surface area contributed by atoms with E-state index in [0.717, 1.165) is 24.3 Å². The van der Waals surface area contributed by atoms with E-state index in [1.807, 2.05) is 12.1 Å². The van der Waals surface area contributed by atoms with E-state index in [-0.39, 0.29) is 5.91 Å². The fraction of sp³-hybridized carbons (Fsp3) is 0.417. The molecule has 0 aliphatic carbocycles. The van der Waals surface area contributed by atoms with Crippen molar-refractivity contribution in [2.45, 2.75) is 32.9 Å². The van der Waals surface area contributed by atoms with Crippen molar-refractivity contribution >= 4 is 23.4 Å². The Morgan fingerprint density at radius 2 is 1.71 bits per heavy atom. The lowest BCUT2D eigenvalue weighted by Crippen LogP contribution is -2.37. The van der Waals surface area contributed by atoms with Crippen LogP contribution in [0, 0.1) is 0 Å². The van der Waals surface area contributed by atoms with Crippen molar-refractivity contribution in [3.05, 3.63) is 59.7 Å². The molecule has 2 aromatic carbocycles. The van der Waals surface area contributed by atoms with Crippen LogP contribution in [0.5, 0.6) is 0 Å². The highest BCUT2D eigenvalue weighted by Gasteiger charge is 2.19. The van der Waals surface area contributed by atoms with Crippen LogP contribution in [0.2, 0.25) is 0 Å². The lowest BCUT2D eigenvalue weighted by atomic mass is 10.1. The Hall–Kier alpha value is -3.06. The third kappa shape index (κ3) is 6.46. The Morgan fingerprint density at radius 1 is 1.06 bits per heavy atom. The van der Waals surface area contributed by atoms with Gasteiger partial charge in [-0.15, -0.1) is 0 Å². The molecule has 1 fully saturated rings. The van der Waals surface area contributed by atoms with Crippen molar-refractivity contribution < 1.29 is 19.1 Å². The standard InChI is InChI=1S/C24H31N3O4/c1-24(2,3)31-23(29)25-20-11-9-18(10-12-20)22(28)26(4)17-19-7-5-6-8-21(19)27-13-15-30-16-14-27/h5-12H,13-17H2,1-4H3,(H,25,29). The number of carbonyl (C=O) groups is 2. The zero-order valence-corrected chi connectivity index (χ0v) is 18.7. The summed E-state index contributed by atoms with van der Waals surface area (Å²) in [6.07, 6.45) is -0.525. The number of ether oxygens (including phenoxy) is 2. The maximum Gasteiger partial charge on any atom is 0.412 e. The Labute approximate surface area is 183 Å². The molecular formula is C24H31N3O4. The van der Waals surface area contributed by atoms with Gasteiger partial charge in [-0.3, -0.25) is 10.1 Å². The molecule has 7 nitrogen and oxygen atoms in total. The zero-order valence-electron chi connectivity index (χ0n) is 18.7. The third-order valence-electron chi connectivity index (χ3n) is 4.87. The first-order chi connectivity index (χ1) is 14.7. The molecule has 0 bridgehead atoms. The summed E-state index contributed by atoms with van der Waals surface area (Å²) in [7, 11) is 1.80. The Balaban J connectivity index is 1.64. The number of morpholine rings is 1. The molecule has 2 amide bonds. The monoisotopic (exact) mass is 425 g/mol. The Kier molecular flexibility index (Phi) is 7.17. The second kappa shape index (κ2) is 9.83. The molecule has 1 heterocycles. The number of carbonyl (C=O) groups excluding carboxylic acids is 2. The lowest BCUT2D eigenvalue weighted by molar-refractivity contribution is 0.0635. The van der Waals surface area contributed by atoms with Crippen LogP contribution in [-0.2, 0) is 16.0 Å². The van der Waals surface area contributed by atoms with Crippen LogP contribution in [0.1, 0.15) is 36.7 Å². The molecule has 0 saturated carbocycles. The van der Waals surface area contributed by atoms with Crippen molar-refractivity contribution in [1.82, 2.24) is 4.90 Å². The molecule has 0 atom stereocenters. The molecule has 1 saturated heterocycles. The average Bonchev–Trinajstić information content (AvgIpc) is 2.73. The summed E-state index contributed by atoms with van der Waals surface area (Å²) in [5.41, 5.74) is 2.80. The topological polar surface area (TPSA) is 71.1 Å². The first-order valence-corrected chi connectivity index (χ1v) is 10.5. The summed E-state index contributed by atoms with van der Waals surface area (Å²) in [5, 5.41) is 2.68. The highest BCUT2D eigenvalue weighted by atomic mass is 16.6. The predicted molar refractivity (Wildman–Crippen MR) is 122 cm³/mol. The van der Waals surface area contributed by atoms with Crippen LogP contribution in [0.25, 0.3) is 0 Å². The number of amides is 2. The third-order valence-corrected chi connectivity index (χ3v) is 4.87. The van der Waals surface area contributed by atoms with Crippen LogP contribution in [-0.4, -0.2) is 55.9 Å². The summed E-state index contributed by atoms with van der Waals surface area (Å²) >= 11 is 0. The molecule has 0 unspecified atom stereocenters. The molecule has 1 aliphatic heterocycles. The molecule has 166 valence electrons. The van der Waals surface area contributed by atoms with Crippen molar-refractivity contribution in [2.24, 2.45) is 0 Å². The molecule has 31 heavy (non-hydrogen) atoms. The van der Waals surface area contributed by atoms with Crippen LogP contribution >= 0.6 is 0 Å². The van der Waals surface area contributed by atoms with Gasteiger partial charge in [0.1, 0.15) is 5.60 Å². The van der Waals surface area contributed by atoms with Gasteiger partial charge in [0, 0.05) is 43.6 Å². The fourth-order valence-corrected chi connectivity index (χ4v) is 3.42. The highest BCUT2D eigenvalue weighted by Crippen LogP contribution is 2.23. The molecular weight excluding hydrogens is 394 g/mol. The SMILES string of the molecule is CN(Cc1ccccc1N1CCOCC1)C(=O)c1ccc(NC(=O)OC(C)(C)C)cc1. The number of anilines is 2. The van der Waals surface area contributed by atoms with E-state index in [0.29, 0.717) is 31.0 Å². The number of nitrogens with zero attached hydrogens (tertiary/aromatic N) is 2. The van der Waals surface area contributed by atoms with Gasteiger partial charge in [-0.1, -0.05) is 18.2 Å². The van der Waals surface area contributed by atoms with Crippen LogP contribution in [0.3, 0.4) is 0 Å². The minimum atomic E-state index is -0.569. The van der Waals surface area contributed by atoms with Crippen LogP contribution < -0.4 is 10.2 Å². The van der Waals surface area contributed by atoms with Gasteiger partial charge in [-0.05, 0) is 56.7 Å². The van der Waals surface area contributed by atoms with E-state index in [1.54, 1.807) is 57.0 Å². The normalized spacial score (nSPS) is 14.1. The fourth-order valence-electron chi connectivity index (χ4n) is 3.42. The Bertz CT molecular complexity index is 900. The van der Waals surface area contributed by atoms with Gasteiger partial charge in [0.05, 0.1) is 13.2 Å². The van der Waals surface area contributed by atoms with Crippen molar-refractivity contribution in [1.29, 1.82) is 0 Å². The van der Waals surface area contributed by atoms with Crippen molar-refractivity contribution in [3.63, 3.8) is 0 Å². The van der Waals surface area contributed by atoms with E-state index >= 15 is 0 Å². The molecule has 0 radical (unpaired) electrons. The average molecular weight is 426 g/mol. The van der Waals surface area contributed by atoms with E-state index in [1.165, 1.54) is 0 Å². The van der Waals surface area contributed by atoms with E-state index in [2.05, 4.69) is 22.3 Å². The summed E-state index contributed by atoms with van der Waals surface area (Å²) in [4.78, 5) is 28.8. The van der Waals surface area contributed by atoms with Crippen LogP contribution in [0.4, 0.5) is 16.2 Å². The number of benzene rings is 2. The van der Waals surface area contributed by atoms with Crippen molar-refractivity contribution in [3.8, 4) is 0 Å². The van der Waals surface area contributed by atoms with Gasteiger partial charge in [0.2, 0.25) is 0 Å². The zero-order chi connectivity index (χ0) is 22.4. The summed E-state index contributed by atoms with van der Waals surface area (Å²) < 4.78 is 10.7. The lowest BCUT2D eigenvalue weighted by Gasteiger charge is -2.31. The quantitative estimate of drug-likeness (QED) is 0.780. The molecule has 7 heteroatoms. The van der Waals surface area contributed by atoms with Gasteiger partial charge in [-0.2, -0.15) is 0 Å². The second-order valence-corrected chi connectivity index (χ2v) is 8.59. The second-order valence-electron chi connectivity index (χ2n) is 8.59. The molecule has 1 N–H and O–H groups in total. The van der Waals surface area contributed by atoms with E-state index in [4.69, 9.17) is 9.47 Å². The first kappa shape index (κ1) is 22.6. The Morgan fingerprint density at radius 3 is 2.35 bits per heavy atom. The number of nitrogens with one attached hydrogen (secondary N) is 1. The van der Waals surface area contributed by atoms with Crippen molar-refractivity contribution in [2.75, 3.05) is 43.6 Å². The predicted octanol–water partition coefficient (Wildman–Crippen LogP) is 4.14. The molecule has 0 spiro atoms. The van der Waals surface area contributed by atoms with E-state index < -0.39 is 11.7 Å². The molecule has 2 aromatic rings. The largest absolute Gasteiger partial charge is 0.444 e. The van der Waals surface area contributed by atoms with Gasteiger partial charge >= 0.3 is 6.09 Å². The maximum atomic E-state index is 12.9. The first-order valence-electron chi connectivity index (χ1n) is 10.5. The minimum Gasteiger partial charge on any atom is -0.444 e. The molecule has 3 rings (SSSR count). The summed E-state index contributed by atoms with van der Waals surface area (Å²) in [6.45, 7) is 9.05. The molecule has 0 aromatic heterocycles. The number of rotatable bonds is 5. The minimum absolute atomic E-state index is 0.0828. The summed E-state index contributed by atoms with van der Waals surface area (Å²) in [6, 6.07) is 15.0. The number of para-hydroxylation sites is 1. The number of hydrogen-bond acceptors (Lipinski definition) is 5. The van der Waals surface area contributed by atoms with Gasteiger partial charge in [-0.25, -0.2) is 4.79 Å². The number of hydrogen-bond donors (Lipinski definition) is 1. The smallest absolute Gasteiger partial charge is 0.412 e. The summed E-state index contributed by atoms with van der Waals surface area (Å²) in [5.74, 6) is -0.0828. The van der Waals surface area contributed by atoms with E-state index in [9.17, 15) is 9.59 Å². The maximum absolute atomic E-state index is 12.9. The van der Waals surface area contributed by atoms with Gasteiger partial charge < -0.3 is 19.3 Å².